The van der Waals surface area contributed by atoms with Gasteiger partial charge in [-0.05, 0) is 30.5 Å². The van der Waals surface area contributed by atoms with Crippen LogP contribution in [-0.2, 0) is 6.42 Å². The lowest BCUT2D eigenvalue weighted by Crippen LogP contribution is -1.99. The summed E-state index contributed by atoms with van der Waals surface area (Å²) in [5.74, 6) is 0. The van der Waals surface area contributed by atoms with Gasteiger partial charge in [-0.15, -0.1) is 5.10 Å². The van der Waals surface area contributed by atoms with Crippen molar-refractivity contribution in [2.75, 3.05) is 0 Å². The quantitative estimate of drug-likeness (QED) is 0.754. The summed E-state index contributed by atoms with van der Waals surface area (Å²) in [4.78, 5) is 0.842. The van der Waals surface area contributed by atoms with E-state index in [1.165, 1.54) is 11.5 Å². The zero-order valence-electron chi connectivity index (χ0n) is 7.95. The van der Waals surface area contributed by atoms with E-state index in [0.29, 0.717) is 0 Å². The van der Waals surface area contributed by atoms with Crippen molar-refractivity contribution >= 4 is 11.5 Å². The number of rotatable bonds is 4. The van der Waals surface area contributed by atoms with Gasteiger partial charge in [0.05, 0.1) is 10.6 Å². The predicted molar refractivity (Wildman–Crippen MR) is 53.7 cm³/mol. The van der Waals surface area contributed by atoms with Crippen molar-refractivity contribution in [1.29, 1.82) is 0 Å². The minimum absolute atomic E-state index is 0.596. The van der Waals surface area contributed by atoms with Crippen molar-refractivity contribution in [3.63, 3.8) is 0 Å². The van der Waals surface area contributed by atoms with Crippen LogP contribution in [0.3, 0.4) is 0 Å². The normalized spacial score (nSPS) is 12.8. The van der Waals surface area contributed by atoms with Crippen molar-refractivity contribution in [3.8, 4) is 0 Å². The number of aromatic nitrogens is 2. The monoisotopic (exact) mass is 198 g/mol. The van der Waals surface area contributed by atoms with Crippen LogP contribution in [0.5, 0.6) is 0 Å². The third kappa shape index (κ3) is 2.35. The fourth-order valence-electron chi connectivity index (χ4n) is 1.06. The van der Waals surface area contributed by atoms with E-state index in [2.05, 4.69) is 23.1 Å². The van der Waals surface area contributed by atoms with E-state index in [0.717, 1.165) is 29.0 Å². The lowest BCUT2D eigenvalue weighted by atomic mass is 10.1. The van der Waals surface area contributed by atoms with Crippen LogP contribution in [-0.4, -0.2) is 14.7 Å². The Kier molecular flexibility index (Phi) is 3.57. The predicted octanol–water partition coefficient (Wildman–Crippen LogP) is 2.10. The second-order valence-electron chi connectivity index (χ2n) is 3.08. The van der Waals surface area contributed by atoms with Gasteiger partial charge in [0, 0.05) is 0 Å². The summed E-state index contributed by atoms with van der Waals surface area (Å²) >= 11 is 1.25. The largest absolute Gasteiger partial charge is 0.383 e. The minimum atomic E-state index is -0.596. The molecule has 0 aliphatic carbocycles. The number of nitrogens with zero attached hydrogens (tertiary/aromatic N) is 2. The Morgan fingerprint density at radius 2 is 2.38 bits per heavy atom. The standard InChI is InChI=1S/C9H14N2OS/c1-4-5-7-9(13-11-10-7)8(12)6(2)3/h8,12H,2,4-5H2,1,3H3. The molecule has 0 aliphatic rings. The fourth-order valence-corrected chi connectivity index (χ4v) is 1.83. The van der Waals surface area contributed by atoms with E-state index in [1.807, 2.05) is 0 Å². The number of aliphatic hydroxyl groups is 1. The van der Waals surface area contributed by atoms with Gasteiger partial charge < -0.3 is 5.11 Å². The van der Waals surface area contributed by atoms with Gasteiger partial charge in [0.15, 0.2) is 0 Å². The molecule has 0 bridgehead atoms. The first-order valence-corrected chi connectivity index (χ1v) is 5.08. The summed E-state index contributed by atoms with van der Waals surface area (Å²) < 4.78 is 3.83. The number of hydrogen-bond donors (Lipinski definition) is 1. The zero-order chi connectivity index (χ0) is 9.84. The zero-order valence-corrected chi connectivity index (χ0v) is 8.77. The average Bonchev–Trinajstić information content (AvgIpc) is 2.52. The molecule has 1 unspecified atom stereocenters. The van der Waals surface area contributed by atoms with Crippen molar-refractivity contribution in [1.82, 2.24) is 9.59 Å². The second-order valence-corrected chi connectivity index (χ2v) is 3.87. The molecule has 0 saturated carbocycles. The molecule has 1 N–H and O–H groups in total. The highest BCUT2D eigenvalue weighted by Gasteiger charge is 2.16. The summed E-state index contributed by atoms with van der Waals surface area (Å²) in [5, 5.41) is 13.7. The molecular formula is C9H14N2OS. The van der Waals surface area contributed by atoms with Crippen LogP contribution in [0.25, 0.3) is 0 Å². The molecule has 1 heterocycles. The molecule has 0 radical (unpaired) electrons. The van der Waals surface area contributed by atoms with Gasteiger partial charge in [-0.25, -0.2) is 0 Å². The Labute approximate surface area is 82.3 Å². The lowest BCUT2D eigenvalue weighted by molar-refractivity contribution is 0.218. The molecule has 13 heavy (non-hydrogen) atoms. The van der Waals surface area contributed by atoms with Crippen LogP contribution in [0.15, 0.2) is 12.2 Å². The van der Waals surface area contributed by atoms with E-state index >= 15 is 0 Å². The molecule has 1 rings (SSSR count). The Morgan fingerprint density at radius 3 is 2.92 bits per heavy atom. The SMILES string of the molecule is C=C(C)C(O)c1snnc1CCC. The van der Waals surface area contributed by atoms with Crippen LogP contribution in [0.1, 0.15) is 36.9 Å². The highest BCUT2D eigenvalue weighted by atomic mass is 32.1. The van der Waals surface area contributed by atoms with Crippen molar-refractivity contribution in [2.45, 2.75) is 32.8 Å². The van der Waals surface area contributed by atoms with E-state index in [1.54, 1.807) is 6.92 Å². The number of aliphatic hydroxyl groups excluding tert-OH is 1. The molecule has 4 heteroatoms. The van der Waals surface area contributed by atoms with E-state index in [-0.39, 0.29) is 0 Å². The van der Waals surface area contributed by atoms with Crippen molar-refractivity contribution < 1.29 is 5.11 Å². The molecule has 3 nitrogen and oxygen atoms in total. The molecule has 72 valence electrons. The Bertz CT molecular complexity index is 296. The molecule has 1 aromatic heterocycles. The van der Waals surface area contributed by atoms with Gasteiger partial charge in [-0.2, -0.15) is 0 Å². The van der Waals surface area contributed by atoms with Crippen LogP contribution in [0.2, 0.25) is 0 Å². The fraction of sp³-hybridized carbons (Fsp3) is 0.556. The van der Waals surface area contributed by atoms with E-state index in [4.69, 9.17) is 0 Å². The smallest absolute Gasteiger partial charge is 0.112 e. The highest BCUT2D eigenvalue weighted by Crippen LogP contribution is 2.25. The first kappa shape index (κ1) is 10.3. The summed E-state index contributed by atoms with van der Waals surface area (Å²) in [7, 11) is 0. The van der Waals surface area contributed by atoms with Crippen LogP contribution in [0.4, 0.5) is 0 Å². The summed E-state index contributed by atoms with van der Waals surface area (Å²) in [5.41, 5.74) is 1.64. The summed E-state index contributed by atoms with van der Waals surface area (Å²) in [6.45, 7) is 7.60. The molecule has 1 aromatic rings. The van der Waals surface area contributed by atoms with Crippen molar-refractivity contribution in [2.24, 2.45) is 0 Å². The summed E-state index contributed by atoms with van der Waals surface area (Å²) in [6, 6.07) is 0. The Morgan fingerprint density at radius 1 is 1.69 bits per heavy atom. The van der Waals surface area contributed by atoms with Gasteiger partial charge in [-0.3, -0.25) is 0 Å². The van der Waals surface area contributed by atoms with Gasteiger partial charge in [0.25, 0.3) is 0 Å². The van der Waals surface area contributed by atoms with Crippen LogP contribution >= 0.6 is 11.5 Å². The molecule has 0 aliphatic heterocycles. The molecule has 0 saturated heterocycles. The molecule has 0 aromatic carbocycles. The molecule has 0 amide bonds. The topological polar surface area (TPSA) is 46.0 Å². The molecule has 0 spiro atoms. The maximum absolute atomic E-state index is 9.73. The van der Waals surface area contributed by atoms with Gasteiger partial charge >= 0.3 is 0 Å². The molecular weight excluding hydrogens is 184 g/mol. The highest BCUT2D eigenvalue weighted by molar-refractivity contribution is 7.05. The van der Waals surface area contributed by atoms with Crippen LogP contribution in [0, 0.1) is 0 Å². The Balaban J connectivity index is 2.86. The summed E-state index contributed by atoms with van der Waals surface area (Å²) in [6.07, 6.45) is 1.29. The van der Waals surface area contributed by atoms with Gasteiger partial charge in [-0.1, -0.05) is 24.4 Å². The van der Waals surface area contributed by atoms with E-state index < -0.39 is 6.10 Å². The number of hydrogen-bond acceptors (Lipinski definition) is 4. The lowest BCUT2D eigenvalue weighted by Gasteiger charge is -2.07. The minimum Gasteiger partial charge on any atom is -0.383 e. The van der Waals surface area contributed by atoms with Crippen LogP contribution < -0.4 is 0 Å². The third-order valence-electron chi connectivity index (χ3n) is 1.79. The first-order valence-electron chi connectivity index (χ1n) is 4.31. The van der Waals surface area contributed by atoms with Gasteiger partial charge in [0.2, 0.25) is 0 Å². The number of aryl methyl sites for hydroxylation is 1. The van der Waals surface area contributed by atoms with Gasteiger partial charge in [0.1, 0.15) is 6.10 Å². The third-order valence-corrected chi connectivity index (χ3v) is 2.61. The Hall–Kier alpha value is -0.740. The maximum Gasteiger partial charge on any atom is 0.112 e. The maximum atomic E-state index is 9.73. The second kappa shape index (κ2) is 4.48. The van der Waals surface area contributed by atoms with E-state index in [9.17, 15) is 5.11 Å². The first-order chi connectivity index (χ1) is 6.16. The molecule has 0 fully saturated rings. The molecule has 1 atom stereocenters. The van der Waals surface area contributed by atoms with Crippen molar-refractivity contribution in [3.05, 3.63) is 22.7 Å². The average molecular weight is 198 g/mol.